The summed E-state index contributed by atoms with van der Waals surface area (Å²) in [6, 6.07) is 16.6. The predicted octanol–water partition coefficient (Wildman–Crippen LogP) is 4.54. The molecule has 1 amide bonds. The number of carbonyl (C=O) groups excluding carboxylic acids is 1. The summed E-state index contributed by atoms with van der Waals surface area (Å²) in [5.41, 5.74) is 1.06. The minimum Gasteiger partial charge on any atom is -0.495 e. The minimum atomic E-state index is -4.02. The van der Waals surface area contributed by atoms with E-state index in [9.17, 15) is 13.2 Å². The van der Waals surface area contributed by atoms with Gasteiger partial charge in [-0.25, -0.2) is 8.42 Å². The third-order valence-electron chi connectivity index (χ3n) is 4.75. The number of carbonyl (C=O) groups is 1. The number of amides is 1. The fourth-order valence-electron chi connectivity index (χ4n) is 3.08. The quantitative estimate of drug-likeness (QED) is 0.442. The molecular weight excluding hydrogens is 487 g/mol. The van der Waals surface area contributed by atoms with Gasteiger partial charge in [0.25, 0.3) is 0 Å². The molecule has 2 N–H and O–H groups in total. The lowest BCUT2D eigenvalue weighted by Gasteiger charge is -2.20. The molecule has 0 aliphatic heterocycles. The Kier molecular flexibility index (Phi) is 8.20. The van der Waals surface area contributed by atoms with Crippen LogP contribution in [0.3, 0.4) is 0 Å². The molecule has 7 nitrogen and oxygen atoms in total. The lowest BCUT2D eigenvalue weighted by molar-refractivity contribution is -0.117. The Balaban J connectivity index is 1.92. The van der Waals surface area contributed by atoms with Crippen molar-refractivity contribution in [3.05, 3.63) is 82.3 Å². The van der Waals surface area contributed by atoms with Crippen LogP contribution >= 0.6 is 23.2 Å². The number of hydrogen-bond donors (Lipinski definition) is 2. The first-order chi connectivity index (χ1) is 15.7. The summed E-state index contributed by atoms with van der Waals surface area (Å²) in [6.45, 7) is 0. The zero-order chi connectivity index (χ0) is 24.0. The second-order valence-electron chi connectivity index (χ2n) is 6.99. The van der Waals surface area contributed by atoms with Crippen molar-refractivity contribution in [3.8, 4) is 11.5 Å². The Labute approximate surface area is 202 Å². The number of hydrogen-bond acceptors (Lipinski definition) is 5. The van der Waals surface area contributed by atoms with E-state index < -0.39 is 22.0 Å². The Morgan fingerprint density at radius 2 is 1.58 bits per heavy atom. The standard InChI is InChI=1S/C23H22Cl2N2O5S/c1-31-21-14-19(22(32-2)13-18(21)25)26-23(28)20(12-15-6-4-3-5-7-15)27-33(29,30)17-10-8-16(24)9-11-17/h3-11,13-14,20,27H,12H2,1-2H3,(H,26,28)/t20-/m0/s1. The zero-order valence-electron chi connectivity index (χ0n) is 17.8. The number of halogens is 2. The topological polar surface area (TPSA) is 93.7 Å². The van der Waals surface area contributed by atoms with Gasteiger partial charge in [-0.1, -0.05) is 53.5 Å². The SMILES string of the molecule is COc1cc(NC(=O)[C@H](Cc2ccccc2)NS(=O)(=O)c2ccc(Cl)cc2)c(OC)cc1Cl. The first kappa shape index (κ1) is 24.9. The summed E-state index contributed by atoms with van der Waals surface area (Å²) in [7, 11) is -1.14. The monoisotopic (exact) mass is 508 g/mol. The molecule has 3 aromatic carbocycles. The Morgan fingerprint density at radius 1 is 0.939 bits per heavy atom. The molecule has 0 bridgehead atoms. The summed E-state index contributed by atoms with van der Waals surface area (Å²) < 4.78 is 38.9. The number of anilines is 1. The van der Waals surface area contributed by atoms with Gasteiger partial charge in [-0.2, -0.15) is 4.72 Å². The molecule has 3 rings (SSSR count). The van der Waals surface area contributed by atoms with Crippen molar-refractivity contribution in [1.82, 2.24) is 4.72 Å². The van der Waals surface area contributed by atoms with E-state index in [1.54, 1.807) is 0 Å². The van der Waals surface area contributed by atoms with Gasteiger partial charge >= 0.3 is 0 Å². The molecule has 0 aromatic heterocycles. The smallest absolute Gasteiger partial charge is 0.243 e. The fourth-order valence-corrected chi connectivity index (χ4v) is 4.64. The molecule has 0 unspecified atom stereocenters. The van der Waals surface area contributed by atoms with Gasteiger partial charge in [0.15, 0.2) is 0 Å². The number of benzene rings is 3. The number of ether oxygens (including phenoxy) is 2. The third-order valence-corrected chi connectivity index (χ3v) is 6.79. The van der Waals surface area contributed by atoms with Crippen LogP contribution in [-0.4, -0.2) is 34.6 Å². The Morgan fingerprint density at radius 3 is 2.18 bits per heavy atom. The molecular formula is C23H22Cl2N2O5S. The zero-order valence-corrected chi connectivity index (χ0v) is 20.2. The maximum absolute atomic E-state index is 13.2. The summed E-state index contributed by atoms with van der Waals surface area (Å²) in [4.78, 5) is 13.2. The van der Waals surface area contributed by atoms with Gasteiger partial charge in [-0.3, -0.25) is 4.79 Å². The molecule has 174 valence electrons. The van der Waals surface area contributed by atoms with E-state index in [2.05, 4.69) is 10.0 Å². The van der Waals surface area contributed by atoms with Crippen LogP contribution in [0.15, 0.2) is 71.6 Å². The van der Waals surface area contributed by atoms with Crippen molar-refractivity contribution < 1.29 is 22.7 Å². The molecule has 1 atom stereocenters. The molecule has 3 aromatic rings. The van der Waals surface area contributed by atoms with Crippen molar-refractivity contribution in [2.75, 3.05) is 19.5 Å². The lowest BCUT2D eigenvalue weighted by Crippen LogP contribution is -2.45. The average molecular weight is 509 g/mol. The number of sulfonamides is 1. The average Bonchev–Trinajstić information content (AvgIpc) is 2.80. The molecule has 0 saturated heterocycles. The molecule has 0 aliphatic rings. The molecule has 0 spiro atoms. The number of nitrogens with one attached hydrogen (secondary N) is 2. The van der Waals surface area contributed by atoms with Crippen molar-refractivity contribution in [2.24, 2.45) is 0 Å². The molecule has 0 saturated carbocycles. The van der Waals surface area contributed by atoms with E-state index >= 15 is 0 Å². The summed E-state index contributed by atoms with van der Waals surface area (Å²) in [5.74, 6) is 0.0429. The van der Waals surface area contributed by atoms with Crippen LogP contribution in [0.5, 0.6) is 11.5 Å². The van der Waals surface area contributed by atoms with Gasteiger partial charge in [-0.15, -0.1) is 0 Å². The van der Waals surface area contributed by atoms with Gasteiger partial charge in [0.05, 0.1) is 29.8 Å². The highest BCUT2D eigenvalue weighted by Crippen LogP contribution is 2.36. The highest BCUT2D eigenvalue weighted by atomic mass is 35.5. The van der Waals surface area contributed by atoms with Crippen LogP contribution < -0.4 is 19.5 Å². The number of methoxy groups -OCH3 is 2. The van der Waals surface area contributed by atoms with Crippen LogP contribution in [0.1, 0.15) is 5.56 Å². The van der Waals surface area contributed by atoms with Crippen molar-refractivity contribution in [1.29, 1.82) is 0 Å². The normalized spacial score (nSPS) is 12.1. The number of rotatable bonds is 9. The van der Waals surface area contributed by atoms with E-state index in [0.717, 1.165) is 5.56 Å². The van der Waals surface area contributed by atoms with Gasteiger partial charge in [0.1, 0.15) is 17.5 Å². The molecule has 0 heterocycles. The van der Waals surface area contributed by atoms with Crippen LogP contribution in [0, 0.1) is 0 Å². The van der Waals surface area contributed by atoms with Gasteiger partial charge in [0, 0.05) is 17.2 Å². The first-order valence-electron chi connectivity index (χ1n) is 9.77. The van der Waals surface area contributed by atoms with Gasteiger partial charge in [0.2, 0.25) is 15.9 Å². The van der Waals surface area contributed by atoms with E-state index in [0.29, 0.717) is 21.5 Å². The lowest BCUT2D eigenvalue weighted by atomic mass is 10.1. The largest absolute Gasteiger partial charge is 0.495 e. The summed E-state index contributed by atoms with van der Waals surface area (Å²) >= 11 is 12.0. The summed E-state index contributed by atoms with van der Waals surface area (Å²) in [6.07, 6.45) is 0.118. The fraction of sp³-hybridized carbons (Fsp3) is 0.174. The minimum absolute atomic E-state index is 0.0106. The second kappa shape index (κ2) is 10.9. The second-order valence-corrected chi connectivity index (χ2v) is 9.55. The van der Waals surface area contributed by atoms with E-state index in [1.807, 2.05) is 30.3 Å². The van der Waals surface area contributed by atoms with E-state index in [-0.39, 0.29) is 17.0 Å². The highest BCUT2D eigenvalue weighted by Gasteiger charge is 2.27. The Hall–Kier alpha value is -2.78. The van der Waals surface area contributed by atoms with E-state index in [1.165, 1.54) is 50.6 Å². The first-order valence-corrected chi connectivity index (χ1v) is 12.0. The van der Waals surface area contributed by atoms with Crippen molar-refractivity contribution in [2.45, 2.75) is 17.4 Å². The molecule has 33 heavy (non-hydrogen) atoms. The van der Waals surface area contributed by atoms with Gasteiger partial charge in [-0.05, 0) is 36.2 Å². The van der Waals surface area contributed by atoms with Crippen LogP contribution in [0.2, 0.25) is 10.0 Å². The maximum atomic E-state index is 13.2. The molecule has 0 radical (unpaired) electrons. The third kappa shape index (κ3) is 6.39. The summed E-state index contributed by atoms with van der Waals surface area (Å²) in [5, 5.41) is 3.42. The van der Waals surface area contributed by atoms with E-state index in [4.69, 9.17) is 32.7 Å². The van der Waals surface area contributed by atoms with Crippen LogP contribution in [0.25, 0.3) is 0 Å². The van der Waals surface area contributed by atoms with Crippen molar-refractivity contribution >= 4 is 44.8 Å². The predicted molar refractivity (Wildman–Crippen MR) is 129 cm³/mol. The highest BCUT2D eigenvalue weighted by molar-refractivity contribution is 7.89. The van der Waals surface area contributed by atoms with Crippen molar-refractivity contribution in [3.63, 3.8) is 0 Å². The van der Waals surface area contributed by atoms with Gasteiger partial charge < -0.3 is 14.8 Å². The van der Waals surface area contributed by atoms with Crippen LogP contribution in [-0.2, 0) is 21.2 Å². The molecule has 0 aliphatic carbocycles. The maximum Gasteiger partial charge on any atom is 0.243 e. The molecule has 0 fully saturated rings. The Bertz CT molecular complexity index is 1220. The van der Waals surface area contributed by atoms with Crippen LogP contribution in [0.4, 0.5) is 5.69 Å². The molecule has 10 heteroatoms.